The number of benzene rings is 2. The van der Waals surface area contributed by atoms with Gasteiger partial charge >= 0.3 is 12.1 Å². The minimum Gasteiger partial charge on any atom is -0.493 e. The summed E-state index contributed by atoms with van der Waals surface area (Å²) >= 11 is 0. The maximum absolute atomic E-state index is 14.2. The molecule has 1 aliphatic heterocycles. The number of carboxylic acids is 1. The van der Waals surface area contributed by atoms with Crippen molar-refractivity contribution in [3.8, 4) is 17.2 Å². The number of rotatable bonds is 5. The third-order valence-electron chi connectivity index (χ3n) is 5.12. The summed E-state index contributed by atoms with van der Waals surface area (Å²) in [6.07, 6.45) is -8.24. The number of para-hydroxylation sites is 1. The summed E-state index contributed by atoms with van der Waals surface area (Å²) < 4.78 is 72.9. The van der Waals surface area contributed by atoms with Crippen molar-refractivity contribution in [2.24, 2.45) is 0 Å². The first kappa shape index (κ1) is 22.5. The van der Waals surface area contributed by atoms with Crippen LogP contribution in [0.3, 0.4) is 0 Å². The number of halogens is 4. The first-order valence-electron chi connectivity index (χ1n) is 9.56. The molecule has 2 aromatic carbocycles. The molecular weight excluding hydrogens is 450 g/mol. The molecule has 1 N–H and O–H groups in total. The fourth-order valence-corrected chi connectivity index (χ4v) is 3.81. The zero-order valence-corrected chi connectivity index (χ0v) is 17.3. The number of nitrogens with zero attached hydrogens (tertiary/aromatic N) is 3. The SMILES string of the molecule is COc1cccc([C@H]2O[C@H](CC(=O)O)c3nnc(C(F)(F)F)n3-c3cc(F)ccc32)c1OC. The lowest BCUT2D eigenvalue weighted by Crippen LogP contribution is -2.17. The molecule has 0 unspecified atom stereocenters. The number of aliphatic carboxylic acids is 1. The smallest absolute Gasteiger partial charge is 0.452 e. The summed E-state index contributed by atoms with van der Waals surface area (Å²) in [7, 11) is 2.78. The summed E-state index contributed by atoms with van der Waals surface area (Å²) in [6, 6.07) is 8.03. The van der Waals surface area contributed by atoms with Crippen LogP contribution in [0, 0.1) is 5.82 Å². The van der Waals surface area contributed by atoms with Gasteiger partial charge in [-0.25, -0.2) is 4.39 Å². The van der Waals surface area contributed by atoms with E-state index in [0.29, 0.717) is 15.9 Å². The van der Waals surface area contributed by atoms with E-state index in [9.17, 15) is 27.5 Å². The number of fused-ring (bicyclic) bond motifs is 3. The minimum absolute atomic E-state index is 0.127. The summed E-state index contributed by atoms with van der Waals surface area (Å²) in [5.41, 5.74) is 0.236. The molecule has 33 heavy (non-hydrogen) atoms. The number of hydrogen-bond acceptors (Lipinski definition) is 6. The number of ether oxygens (including phenoxy) is 3. The lowest BCUT2D eigenvalue weighted by atomic mass is 9.98. The van der Waals surface area contributed by atoms with Crippen molar-refractivity contribution in [2.75, 3.05) is 14.2 Å². The molecule has 0 saturated heterocycles. The first-order valence-corrected chi connectivity index (χ1v) is 9.56. The van der Waals surface area contributed by atoms with E-state index in [4.69, 9.17) is 14.2 Å². The topological polar surface area (TPSA) is 95.7 Å². The Bertz CT molecular complexity index is 1210. The number of hydrogen-bond donors (Lipinski definition) is 1. The normalized spacial score (nSPS) is 17.6. The molecule has 4 rings (SSSR count). The monoisotopic (exact) mass is 467 g/mol. The Morgan fingerprint density at radius 1 is 1.15 bits per heavy atom. The van der Waals surface area contributed by atoms with Crippen LogP contribution in [0.4, 0.5) is 17.6 Å². The zero-order chi connectivity index (χ0) is 23.9. The van der Waals surface area contributed by atoms with Crippen LogP contribution in [-0.2, 0) is 15.7 Å². The van der Waals surface area contributed by atoms with Crippen LogP contribution in [0.25, 0.3) is 5.69 Å². The van der Waals surface area contributed by atoms with Gasteiger partial charge in [-0.1, -0.05) is 18.2 Å². The third-order valence-corrected chi connectivity index (χ3v) is 5.12. The fourth-order valence-electron chi connectivity index (χ4n) is 3.81. The highest BCUT2D eigenvalue weighted by Gasteiger charge is 2.44. The van der Waals surface area contributed by atoms with E-state index in [1.165, 1.54) is 20.3 Å². The molecule has 0 saturated carbocycles. The van der Waals surface area contributed by atoms with Crippen LogP contribution >= 0.6 is 0 Å². The molecule has 2 heterocycles. The van der Waals surface area contributed by atoms with Gasteiger partial charge in [0, 0.05) is 11.1 Å². The van der Waals surface area contributed by atoms with Crippen molar-refractivity contribution in [1.29, 1.82) is 0 Å². The van der Waals surface area contributed by atoms with Crippen LogP contribution in [0.2, 0.25) is 0 Å². The summed E-state index contributed by atoms with van der Waals surface area (Å²) in [4.78, 5) is 11.5. The largest absolute Gasteiger partial charge is 0.493 e. The summed E-state index contributed by atoms with van der Waals surface area (Å²) in [5, 5.41) is 16.2. The van der Waals surface area contributed by atoms with E-state index in [2.05, 4.69) is 10.2 Å². The Kier molecular flexibility index (Phi) is 5.70. The molecule has 3 aromatic rings. The van der Waals surface area contributed by atoms with Gasteiger partial charge in [0.1, 0.15) is 18.0 Å². The van der Waals surface area contributed by atoms with E-state index in [0.717, 1.165) is 12.1 Å². The molecule has 0 amide bonds. The highest BCUT2D eigenvalue weighted by Crippen LogP contribution is 2.46. The van der Waals surface area contributed by atoms with Crippen molar-refractivity contribution < 1.29 is 41.7 Å². The second-order valence-corrected chi connectivity index (χ2v) is 7.10. The average molecular weight is 467 g/mol. The van der Waals surface area contributed by atoms with Crippen LogP contribution < -0.4 is 9.47 Å². The van der Waals surface area contributed by atoms with E-state index in [-0.39, 0.29) is 17.0 Å². The lowest BCUT2D eigenvalue weighted by molar-refractivity contribution is -0.146. The molecule has 1 aromatic heterocycles. The number of alkyl halides is 3. The molecule has 0 fully saturated rings. The Balaban J connectivity index is 2.04. The van der Waals surface area contributed by atoms with E-state index < -0.39 is 48.2 Å². The molecule has 8 nitrogen and oxygen atoms in total. The minimum atomic E-state index is -4.95. The molecule has 0 radical (unpaired) electrons. The first-order chi connectivity index (χ1) is 15.7. The standard InChI is InChI=1S/C21H17F4N3O5/c1-31-14-5-3-4-12(18(14)32-2)17-11-7-6-10(22)8-13(11)28-19(15(33-17)9-16(29)30)26-27-20(28)21(23,24)25/h3-8,15,17H,9H2,1-2H3,(H,29,30)/t15-,17+/m1/s1. The van der Waals surface area contributed by atoms with E-state index in [1.54, 1.807) is 18.2 Å². The van der Waals surface area contributed by atoms with Gasteiger partial charge in [0.25, 0.3) is 0 Å². The van der Waals surface area contributed by atoms with Crippen molar-refractivity contribution >= 4 is 5.97 Å². The van der Waals surface area contributed by atoms with Gasteiger partial charge < -0.3 is 19.3 Å². The molecule has 2 atom stereocenters. The summed E-state index contributed by atoms with van der Waals surface area (Å²) in [5.74, 6) is -3.45. The van der Waals surface area contributed by atoms with Gasteiger partial charge in [0.05, 0.1) is 26.3 Å². The van der Waals surface area contributed by atoms with Gasteiger partial charge in [0.15, 0.2) is 17.3 Å². The van der Waals surface area contributed by atoms with Gasteiger partial charge in [-0.2, -0.15) is 13.2 Å². The Morgan fingerprint density at radius 3 is 2.55 bits per heavy atom. The van der Waals surface area contributed by atoms with Crippen molar-refractivity contribution in [3.63, 3.8) is 0 Å². The number of carboxylic acid groups (broad SMARTS) is 1. The van der Waals surface area contributed by atoms with Crippen LogP contribution in [0.15, 0.2) is 36.4 Å². The predicted molar refractivity (Wildman–Crippen MR) is 104 cm³/mol. The third kappa shape index (κ3) is 3.97. The van der Waals surface area contributed by atoms with Gasteiger partial charge in [-0.3, -0.25) is 9.36 Å². The van der Waals surface area contributed by atoms with Crippen molar-refractivity contribution in [2.45, 2.75) is 24.8 Å². The number of methoxy groups -OCH3 is 2. The number of aromatic nitrogens is 3. The molecule has 0 bridgehead atoms. The van der Waals surface area contributed by atoms with Crippen molar-refractivity contribution in [3.05, 3.63) is 65.0 Å². The Labute approximate surface area is 184 Å². The molecular formula is C21H17F4N3O5. The number of carbonyl (C=O) groups is 1. The maximum atomic E-state index is 14.2. The molecule has 12 heteroatoms. The van der Waals surface area contributed by atoms with Crippen LogP contribution in [0.5, 0.6) is 11.5 Å². The fraction of sp³-hybridized carbons (Fsp3) is 0.286. The lowest BCUT2D eigenvalue weighted by Gasteiger charge is -2.24. The second kappa shape index (κ2) is 8.35. The van der Waals surface area contributed by atoms with Gasteiger partial charge in [0.2, 0.25) is 5.82 Å². The van der Waals surface area contributed by atoms with Crippen LogP contribution in [0.1, 0.15) is 41.4 Å². The van der Waals surface area contributed by atoms with E-state index in [1.807, 2.05) is 0 Å². The zero-order valence-electron chi connectivity index (χ0n) is 17.3. The quantitative estimate of drug-likeness (QED) is 0.565. The Hall–Kier alpha value is -3.67. The molecule has 174 valence electrons. The van der Waals surface area contributed by atoms with Gasteiger partial charge in [-0.15, -0.1) is 10.2 Å². The van der Waals surface area contributed by atoms with Crippen LogP contribution in [-0.4, -0.2) is 40.1 Å². The highest BCUT2D eigenvalue weighted by molar-refractivity contribution is 5.68. The highest BCUT2D eigenvalue weighted by atomic mass is 19.4. The Morgan fingerprint density at radius 2 is 1.91 bits per heavy atom. The van der Waals surface area contributed by atoms with Gasteiger partial charge in [-0.05, 0) is 18.2 Å². The molecule has 0 aliphatic carbocycles. The maximum Gasteiger partial charge on any atom is 0.452 e. The summed E-state index contributed by atoms with van der Waals surface area (Å²) in [6.45, 7) is 0. The van der Waals surface area contributed by atoms with Crippen molar-refractivity contribution in [1.82, 2.24) is 14.8 Å². The average Bonchev–Trinajstić information content (AvgIpc) is 3.17. The van der Waals surface area contributed by atoms with E-state index >= 15 is 0 Å². The molecule has 1 aliphatic rings. The predicted octanol–water partition coefficient (Wildman–Crippen LogP) is 4.08. The molecule has 0 spiro atoms. The second-order valence-electron chi connectivity index (χ2n) is 7.10.